The van der Waals surface area contributed by atoms with E-state index in [0.717, 1.165) is 5.92 Å². The maximum absolute atomic E-state index is 3.68. The summed E-state index contributed by atoms with van der Waals surface area (Å²) in [6, 6.07) is 0. The standard InChI is InChI=1S/C9H14/c1-3-4-5-6-9-7-8(9)2/h3,7,9H,1,4-6H2,2H3. The predicted molar refractivity (Wildman–Crippen MR) is 41.3 cm³/mol. The van der Waals surface area contributed by atoms with E-state index in [1.165, 1.54) is 19.3 Å². The van der Waals surface area contributed by atoms with Gasteiger partial charge in [-0.05, 0) is 32.1 Å². The second-order valence-corrected chi connectivity index (χ2v) is 2.74. The highest BCUT2D eigenvalue weighted by atomic mass is 14.2. The van der Waals surface area contributed by atoms with Crippen LogP contribution in [0.4, 0.5) is 0 Å². The van der Waals surface area contributed by atoms with Gasteiger partial charge in [0.25, 0.3) is 0 Å². The Balaban J connectivity index is 1.90. The molecule has 1 rings (SSSR count). The van der Waals surface area contributed by atoms with Gasteiger partial charge in [-0.1, -0.05) is 17.7 Å². The van der Waals surface area contributed by atoms with E-state index >= 15 is 0 Å². The quantitative estimate of drug-likeness (QED) is 0.397. The van der Waals surface area contributed by atoms with Crippen molar-refractivity contribution in [3.05, 3.63) is 24.3 Å². The van der Waals surface area contributed by atoms with E-state index in [-0.39, 0.29) is 0 Å². The van der Waals surface area contributed by atoms with Crippen LogP contribution in [0.15, 0.2) is 24.3 Å². The van der Waals surface area contributed by atoms with E-state index in [1.807, 2.05) is 6.08 Å². The maximum Gasteiger partial charge on any atom is -0.00229 e. The van der Waals surface area contributed by atoms with Gasteiger partial charge in [-0.2, -0.15) is 0 Å². The van der Waals surface area contributed by atoms with Gasteiger partial charge in [0.1, 0.15) is 0 Å². The molecule has 0 aliphatic heterocycles. The van der Waals surface area contributed by atoms with Crippen molar-refractivity contribution in [1.29, 1.82) is 0 Å². The first-order valence-electron chi connectivity index (χ1n) is 3.64. The smallest absolute Gasteiger partial charge is 0.00229 e. The SMILES string of the molecule is C=CCCCC1C=C1C. The fraction of sp³-hybridized carbons (Fsp3) is 0.556. The summed E-state index contributed by atoms with van der Waals surface area (Å²) < 4.78 is 0. The van der Waals surface area contributed by atoms with Crippen molar-refractivity contribution in [3.8, 4) is 0 Å². The summed E-state index contributed by atoms with van der Waals surface area (Å²) in [6.45, 7) is 5.89. The van der Waals surface area contributed by atoms with E-state index in [2.05, 4.69) is 19.6 Å². The van der Waals surface area contributed by atoms with Crippen molar-refractivity contribution < 1.29 is 0 Å². The van der Waals surface area contributed by atoms with E-state index in [9.17, 15) is 0 Å². The third-order valence-electron chi connectivity index (χ3n) is 1.86. The molecule has 0 N–H and O–H groups in total. The lowest BCUT2D eigenvalue weighted by atomic mass is 10.1. The first-order chi connectivity index (χ1) is 4.34. The van der Waals surface area contributed by atoms with Crippen LogP contribution in [-0.4, -0.2) is 0 Å². The van der Waals surface area contributed by atoms with Gasteiger partial charge in [-0.3, -0.25) is 0 Å². The third kappa shape index (κ3) is 2.05. The van der Waals surface area contributed by atoms with Crippen LogP contribution in [-0.2, 0) is 0 Å². The van der Waals surface area contributed by atoms with Crippen molar-refractivity contribution in [2.75, 3.05) is 0 Å². The predicted octanol–water partition coefficient (Wildman–Crippen LogP) is 2.92. The van der Waals surface area contributed by atoms with E-state index in [1.54, 1.807) is 5.57 Å². The van der Waals surface area contributed by atoms with Gasteiger partial charge in [-0.25, -0.2) is 0 Å². The fourth-order valence-corrected chi connectivity index (χ4v) is 1.06. The molecule has 0 nitrogen and oxygen atoms in total. The third-order valence-corrected chi connectivity index (χ3v) is 1.86. The Morgan fingerprint density at radius 1 is 1.78 bits per heavy atom. The van der Waals surface area contributed by atoms with E-state index in [0.29, 0.717) is 0 Å². The summed E-state index contributed by atoms with van der Waals surface area (Å²) in [7, 11) is 0. The van der Waals surface area contributed by atoms with Crippen LogP contribution in [0.5, 0.6) is 0 Å². The Labute approximate surface area is 57.3 Å². The molecule has 1 aliphatic rings. The molecular formula is C9H14. The molecule has 1 atom stereocenters. The molecule has 0 heterocycles. The lowest BCUT2D eigenvalue weighted by molar-refractivity contribution is 0.698. The normalized spacial score (nSPS) is 23.2. The summed E-state index contributed by atoms with van der Waals surface area (Å²) in [6.07, 6.45) is 8.16. The zero-order valence-corrected chi connectivity index (χ0v) is 6.06. The number of hydrogen-bond donors (Lipinski definition) is 0. The van der Waals surface area contributed by atoms with Gasteiger partial charge >= 0.3 is 0 Å². The van der Waals surface area contributed by atoms with Crippen molar-refractivity contribution in [3.63, 3.8) is 0 Å². The lowest BCUT2D eigenvalue weighted by Gasteiger charge is -1.93. The minimum Gasteiger partial charge on any atom is -0.103 e. The highest BCUT2D eigenvalue weighted by Crippen LogP contribution is 2.32. The average molecular weight is 122 g/mol. The van der Waals surface area contributed by atoms with Crippen LogP contribution in [0.25, 0.3) is 0 Å². The largest absolute Gasteiger partial charge is 0.103 e. The van der Waals surface area contributed by atoms with Crippen molar-refractivity contribution in [2.45, 2.75) is 26.2 Å². The minimum atomic E-state index is 0.866. The number of rotatable bonds is 4. The Morgan fingerprint density at radius 3 is 2.89 bits per heavy atom. The Bertz CT molecular complexity index is 131. The Morgan fingerprint density at radius 2 is 2.44 bits per heavy atom. The summed E-state index contributed by atoms with van der Waals surface area (Å²) in [5.41, 5.74) is 1.58. The molecular weight excluding hydrogens is 108 g/mol. The van der Waals surface area contributed by atoms with Gasteiger partial charge in [0.15, 0.2) is 0 Å². The molecule has 0 saturated carbocycles. The highest BCUT2D eigenvalue weighted by Gasteiger charge is 2.17. The molecule has 1 unspecified atom stereocenters. The highest BCUT2D eigenvalue weighted by molar-refractivity contribution is 5.26. The van der Waals surface area contributed by atoms with Crippen molar-refractivity contribution in [1.82, 2.24) is 0 Å². The van der Waals surface area contributed by atoms with Gasteiger partial charge in [0.2, 0.25) is 0 Å². The van der Waals surface area contributed by atoms with Gasteiger partial charge < -0.3 is 0 Å². The van der Waals surface area contributed by atoms with Crippen LogP contribution < -0.4 is 0 Å². The molecule has 0 bridgehead atoms. The van der Waals surface area contributed by atoms with Crippen LogP contribution in [0.2, 0.25) is 0 Å². The molecule has 0 radical (unpaired) electrons. The van der Waals surface area contributed by atoms with Crippen molar-refractivity contribution >= 4 is 0 Å². The molecule has 0 aromatic carbocycles. The molecule has 0 aromatic rings. The van der Waals surface area contributed by atoms with Crippen LogP contribution >= 0.6 is 0 Å². The van der Waals surface area contributed by atoms with Gasteiger partial charge in [0, 0.05) is 0 Å². The van der Waals surface area contributed by atoms with Crippen LogP contribution in [0, 0.1) is 5.92 Å². The van der Waals surface area contributed by atoms with Gasteiger partial charge in [-0.15, -0.1) is 6.58 Å². The topological polar surface area (TPSA) is 0 Å². The van der Waals surface area contributed by atoms with Crippen LogP contribution in [0.1, 0.15) is 26.2 Å². The molecule has 0 amide bonds. The summed E-state index contributed by atoms with van der Waals surface area (Å²) in [5.74, 6) is 0.866. The van der Waals surface area contributed by atoms with Crippen LogP contribution in [0.3, 0.4) is 0 Å². The van der Waals surface area contributed by atoms with Crippen molar-refractivity contribution in [2.24, 2.45) is 5.92 Å². The van der Waals surface area contributed by atoms with Gasteiger partial charge in [0.05, 0.1) is 0 Å². The molecule has 0 aromatic heterocycles. The summed E-state index contributed by atoms with van der Waals surface area (Å²) in [5, 5.41) is 0. The Kier molecular flexibility index (Phi) is 2.10. The molecule has 1 aliphatic carbocycles. The molecule has 0 spiro atoms. The summed E-state index contributed by atoms with van der Waals surface area (Å²) in [4.78, 5) is 0. The second kappa shape index (κ2) is 2.86. The number of allylic oxidation sites excluding steroid dienone is 3. The van der Waals surface area contributed by atoms with E-state index < -0.39 is 0 Å². The monoisotopic (exact) mass is 122 g/mol. The molecule has 9 heavy (non-hydrogen) atoms. The average Bonchev–Trinajstić information content (AvgIpc) is 2.48. The molecule has 0 saturated heterocycles. The first kappa shape index (κ1) is 6.60. The fourth-order valence-electron chi connectivity index (χ4n) is 1.06. The number of unbranched alkanes of at least 4 members (excludes halogenated alkanes) is 1. The first-order valence-corrected chi connectivity index (χ1v) is 3.64. The minimum absolute atomic E-state index is 0.866. The zero-order chi connectivity index (χ0) is 6.69. The van der Waals surface area contributed by atoms with E-state index in [4.69, 9.17) is 0 Å². The molecule has 0 heteroatoms. The Hall–Kier alpha value is -0.520. The molecule has 50 valence electrons. The maximum atomic E-state index is 3.68. The molecule has 0 fully saturated rings. The second-order valence-electron chi connectivity index (χ2n) is 2.74. The number of hydrogen-bond acceptors (Lipinski definition) is 0. The lowest BCUT2D eigenvalue weighted by Crippen LogP contribution is -1.78. The summed E-state index contributed by atoms with van der Waals surface area (Å²) >= 11 is 0. The zero-order valence-electron chi connectivity index (χ0n) is 6.06.